The zero-order valence-electron chi connectivity index (χ0n) is 12.2. The average Bonchev–Trinajstić information content (AvgIpc) is 2.73. The van der Waals surface area contributed by atoms with Gasteiger partial charge in [0, 0.05) is 18.5 Å². The van der Waals surface area contributed by atoms with E-state index >= 15 is 0 Å². The van der Waals surface area contributed by atoms with Crippen LogP contribution in [-0.2, 0) is 0 Å². The highest BCUT2D eigenvalue weighted by Crippen LogP contribution is 2.22. The molecule has 110 valence electrons. The second-order valence-electron chi connectivity index (χ2n) is 5.39. The van der Waals surface area contributed by atoms with Gasteiger partial charge in [-0.1, -0.05) is 12.8 Å². The minimum absolute atomic E-state index is 0.156. The fourth-order valence-corrected chi connectivity index (χ4v) is 2.67. The van der Waals surface area contributed by atoms with E-state index in [0.29, 0.717) is 23.4 Å². The number of rotatable bonds is 5. The fraction of sp³-hybridized carbons (Fsp3) is 0.562. The van der Waals surface area contributed by atoms with Crippen molar-refractivity contribution in [2.45, 2.75) is 32.1 Å². The Morgan fingerprint density at radius 2 is 1.95 bits per heavy atom. The van der Waals surface area contributed by atoms with Gasteiger partial charge in [-0.15, -0.1) is 0 Å². The summed E-state index contributed by atoms with van der Waals surface area (Å²) in [5.41, 5.74) is 7.04. The van der Waals surface area contributed by atoms with E-state index in [0.717, 1.165) is 19.6 Å². The van der Waals surface area contributed by atoms with Crippen molar-refractivity contribution in [1.29, 1.82) is 0 Å². The molecule has 0 bridgehead atoms. The minimum atomic E-state index is 0.156. The summed E-state index contributed by atoms with van der Waals surface area (Å²) in [5, 5.41) is 0. The van der Waals surface area contributed by atoms with Crippen molar-refractivity contribution in [2.24, 2.45) is 0 Å². The molecule has 1 aliphatic rings. The van der Waals surface area contributed by atoms with Crippen molar-refractivity contribution in [2.75, 3.05) is 32.5 Å². The van der Waals surface area contributed by atoms with Gasteiger partial charge in [-0.3, -0.25) is 4.79 Å². The summed E-state index contributed by atoms with van der Waals surface area (Å²) in [4.78, 5) is 14.6. The first-order valence-electron chi connectivity index (χ1n) is 7.40. The number of hydrogen-bond acceptors (Lipinski definition) is 4. The van der Waals surface area contributed by atoms with Crippen LogP contribution in [0.4, 0.5) is 5.69 Å². The van der Waals surface area contributed by atoms with Crippen LogP contribution in [0.25, 0.3) is 0 Å². The topological polar surface area (TPSA) is 55.6 Å². The molecule has 1 heterocycles. The highest BCUT2D eigenvalue weighted by molar-refractivity contribution is 5.97. The lowest BCUT2D eigenvalue weighted by Gasteiger charge is -2.19. The first-order valence-corrected chi connectivity index (χ1v) is 7.40. The second kappa shape index (κ2) is 7.29. The number of nitrogens with two attached hydrogens (primary N) is 1. The largest absolute Gasteiger partial charge is 0.495 e. The van der Waals surface area contributed by atoms with Crippen molar-refractivity contribution < 1.29 is 9.53 Å². The van der Waals surface area contributed by atoms with Crippen LogP contribution in [-0.4, -0.2) is 37.4 Å². The molecule has 1 fully saturated rings. The molecule has 4 nitrogen and oxygen atoms in total. The van der Waals surface area contributed by atoms with Gasteiger partial charge >= 0.3 is 0 Å². The van der Waals surface area contributed by atoms with Gasteiger partial charge in [0.25, 0.3) is 0 Å². The van der Waals surface area contributed by atoms with Crippen LogP contribution in [0.3, 0.4) is 0 Å². The molecule has 0 unspecified atom stereocenters. The Bertz CT molecular complexity index is 452. The fourth-order valence-electron chi connectivity index (χ4n) is 2.67. The molecule has 1 aromatic rings. The maximum Gasteiger partial charge on any atom is 0.164 e. The first kappa shape index (κ1) is 14.9. The average molecular weight is 276 g/mol. The van der Waals surface area contributed by atoms with Gasteiger partial charge in [-0.05, 0) is 44.1 Å². The number of ether oxygens (including phenoxy) is 1. The normalized spacial score (nSPS) is 16.6. The number of carbonyl (C=O) groups is 1. The molecule has 0 radical (unpaired) electrons. The molecular formula is C16H24N2O2. The zero-order valence-corrected chi connectivity index (χ0v) is 12.2. The number of anilines is 1. The maximum absolute atomic E-state index is 12.2. The zero-order chi connectivity index (χ0) is 14.4. The highest BCUT2D eigenvalue weighted by Gasteiger charge is 2.13. The molecule has 1 aromatic carbocycles. The summed E-state index contributed by atoms with van der Waals surface area (Å²) in [6, 6.07) is 5.26. The van der Waals surface area contributed by atoms with Gasteiger partial charge in [0.15, 0.2) is 5.78 Å². The molecule has 4 heteroatoms. The summed E-state index contributed by atoms with van der Waals surface area (Å²) in [6.45, 7) is 3.10. The van der Waals surface area contributed by atoms with Crippen LogP contribution in [0.1, 0.15) is 42.5 Å². The van der Waals surface area contributed by atoms with E-state index in [4.69, 9.17) is 10.5 Å². The summed E-state index contributed by atoms with van der Waals surface area (Å²) in [7, 11) is 1.58. The molecule has 0 aliphatic carbocycles. The van der Waals surface area contributed by atoms with E-state index in [9.17, 15) is 4.79 Å². The van der Waals surface area contributed by atoms with E-state index in [1.165, 1.54) is 25.7 Å². The van der Waals surface area contributed by atoms with Crippen molar-refractivity contribution >= 4 is 11.5 Å². The van der Waals surface area contributed by atoms with Crippen LogP contribution in [0.5, 0.6) is 5.75 Å². The Balaban J connectivity index is 1.89. The smallest absolute Gasteiger partial charge is 0.164 e. The molecule has 2 rings (SSSR count). The van der Waals surface area contributed by atoms with Gasteiger partial charge < -0.3 is 15.4 Å². The van der Waals surface area contributed by atoms with Crippen LogP contribution in [0.15, 0.2) is 18.2 Å². The summed E-state index contributed by atoms with van der Waals surface area (Å²) in [6.07, 6.45) is 5.71. The van der Waals surface area contributed by atoms with Crippen molar-refractivity contribution in [3.63, 3.8) is 0 Å². The van der Waals surface area contributed by atoms with Crippen LogP contribution in [0, 0.1) is 0 Å². The Hall–Kier alpha value is -1.55. The third-order valence-corrected chi connectivity index (χ3v) is 3.91. The monoisotopic (exact) mass is 276 g/mol. The van der Waals surface area contributed by atoms with E-state index in [1.54, 1.807) is 25.3 Å². The molecule has 0 spiro atoms. The number of benzene rings is 1. The summed E-state index contributed by atoms with van der Waals surface area (Å²) < 4.78 is 5.10. The third-order valence-electron chi connectivity index (χ3n) is 3.91. The third kappa shape index (κ3) is 3.97. The number of ketones is 1. The molecule has 0 amide bonds. The molecule has 0 aromatic heterocycles. The molecule has 0 saturated carbocycles. The number of likely N-dealkylation sites (tertiary alicyclic amines) is 1. The lowest BCUT2D eigenvalue weighted by atomic mass is 10.1. The van der Waals surface area contributed by atoms with Crippen molar-refractivity contribution in [1.82, 2.24) is 4.90 Å². The number of nitrogen functional groups attached to an aromatic ring is 1. The maximum atomic E-state index is 12.2. The van der Waals surface area contributed by atoms with E-state index in [2.05, 4.69) is 4.90 Å². The van der Waals surface area contributed by atoms with Gasteiger partial charge in [-0.2, -0.15) is 0 Å². The number of nitrogens with zero attached hydrogens (tertiary/aromatic N) is 1. The Morgan fingerprint density at radius 1 is 1.25 bits per heavy atom. The molecule has 20 heavy (non-hydrogen) atoms. The van der Waals surface area contributed by atoms with Crippen LogP contribution in [0.2, 0.25) is 0 Å². The van der Waals surface area contributed by atoms with Crippen molar-refractivity contribution in [3.05, 3.63) is 23.8 Å². The lowest BCUT2D eigenvalue weighted by molar-refractivity contribution is 0.0965. The Kier molecular flexibility index (Phi) is 5.41. The lowest BCUT2D eigenvalue weighted by Crippen LogP contribution is -2.27. The minimum Gasteiger partial charge on any atom is -0.495 e. The molecule has 0 atom stereocenters. The Morgan fingerprint density at radius 3 is 2.55 bits per heavy atom. The quantitative estimate of drug-likeness (QED) is 0.663. The first-order chi connectivity index (χ1) is 9.70. The Labute approximate surface area is 120 Å². The number of Topliss-reactive ketones (excluding diaryl/α,β-unsaturated/α-hetero) is 1. The SMILES string of the molecule is COc1ccc(C(=O)CCN2CCCCCC2)cc1N. The van der Waals surface area contributed by atoms with Gasteiger partial charge in [0.2, 0.25) is 0 Å². The number of hydrogen-bond donors (Lipinski definition) is 1. The van der Waals surface area contributed by atoms with Gasteiger partial charge in [0.05, 0.1) is 12.8 Å². The van der Waals surface area contributed by atoms with Crippen LogP contribution < -0.4 is 10.5 Å². The van der Waals surface area contributed by atoms with Crippen LogP contribution >= 0.6 is 0 Å². The number of methoxy groups -OCH3 is 1. The standard InChI is InChI=1S/C16H24N2O2/c1-20-16-7-6-13(12-14(16)17)15(19)8-11-18-9-4-2-3-5-10-18/h6-7,12H,2-5,8-11,17H2,1H3. The summed E-state index contributed by atoms with van der Waals surface area (Å²) >= 11 is 0. The van der Waals surface area contributed by atoms with Gasteiger partial charge in [-0.25, -0.2) is 0 Å². The predicted molar refractivity (Wildman–Crippen MR) is 81.3 cm³/mol. The van der Waals surface area contributed by atoms with E-state index in [-0.39, 0.29) is 5.78 Å². The highest BCUT2D eigenvalue weighted by atomic mass is 16.5. The van der Waals surface area contributed by atoms with Crippen molar-refractivity contribution in [3.8, 4) is 5.75 Å². The molecular weight excluding hydrogens is 252 g/mol. The van der Waals surface area contributed by atoms with Gasteiger partial charge in [0.1, 0.15) is 5.75 Å². The molecule has 1 saturated heterocycles. The predicted octanol–water partition coefficient (Wildman–Crippen LogP) is 2.73. The molecule has 1 aliphatic heterocycles. The summed E-state index contributed by atoms with van der Waals surface area (Å²) in [5.74, 6) is 0.776. The molecule has 2 N–H and O–H groups in total. The second-order valence-corrected chi connectivity index (χ2v) is 5.39. The number of carbonyl (C=O) groups excluding carboxylic acids is 1. The van der Waals surface area contributed by atoms with E-state index in [1.807, 2.05) is 0 Å². The van der Waals surface area contributed by atoms with E-state index < -0.39 is 0 Å².